The molecule has 0 saturated carbocycles. The van der Waals surface area contributed by atoms with Gasteiger partial charge in [0, 0.05) is 25.6 Å². The fourth-order valence-corrected chi connectivity index (χ4v) is 4.00. The van der Waals surface area contributed by atoms with E-state index in [0.717, 1.165) is 32.5 Å². The Morgan fingerprint density at radius 3 is 2.61 bits per heavy atom. The maximum Gasteiger partial charge on any atom is 0.254 e. The highest BCUT2D eigenvalue weighted by Crippen LogP contribution is 2.38. The number of hydrogen-bond donors (Lipinski definition) is 0. The van der Waals surface area contributed by atoms with Crippen LogP contribution in [0.1, 0.15) is 30.7 Å². The van der Waals surface area contributed by atoms with Crippen LogP contribution < -0.4 is 0 Å². The van der Waals surface area contributed by atoms with Gasteiger partial charge in [0.15, 0.2) is 6.10 Å². The van der Waals surface area contributed by atoms with E-state index in [9.17, 15) is 4.79 Å². The second-order valence-corrected chi connectivity index (χ2v) is 6.63. The topological polar surface area (TPSA) is 42.0 Å². The minimum Gasteiger partial charge on any atom is -0.378 e. The number of likely N-dealkylation sites (tertiary alicyclic amines) is 1. The molecule has 0 spiro atoms. The van der Waals surface area contributed by atoms with Gasteiger partial charge in [-0.25, -0.2) is 0 Å². The van der Waals surface area contributed by atoms with E-state index in [1.807, 2.05) is 28.2 Å². The van der Waals surface area contributed by atoms with Crippen molar-refractivity contribution in [3.8, 4) is 0 Å². The molecule has 3 fully saturated rings. The first-order valence-corrected chi connectivity index (χ1v) is 8.69. The Hall–Kier alpha value is -1.43. The highest BCUT2D eigenvalue weighted by molar-refractivity contribution is 5.82. The van der Waals surface area contributed by atoms with Crippen LogP contribution in [-0.4, -0.2) is 60.9 Å². The number of hydroxylamine groups is 2. The van der Waals surface area contributed by atoms with E-state index in [1.165, 1.54) is 12.0 Å². The van der Waals surface area contributed by atoms with Crippen molar-refractivity contribution in [3.63, 3.8) is 0 Å². The molecule has 124 valence electrons. The molecule has 0 radical (unpaired) electrons. The summed E-state index contributed by atoms with van der Waals surface area (Å²) in [6.45, 7) is 3.76. The molecule has 0 bridgehead atoms. The monoisotopic (exact) mass is 316 g/mol. The van der Waals surface area contributed by atoms with Gasteiger partial charge in [-0.05, 0) is 24.8 Å². The van der Waals surface area contributed by atoms with Crippen molar-refractivity contribution in [1.82, 2.24) is 9.96 Å². The molecule has 5 heteroatoms. The van der Waals surface area contributed by atoms with E-state index in [4.69, 9.17) is 9.57 Å². The molecule has 0 unspecified atom stereocenters. The fourth-order valence-electron chi connectivity index (χ4n) is 4.00. The van der Waals surface area contributed by atoms with Crippen LogP contribution in [0.2, 0.25) is 0 Å². The molecule has 3 aliphatic heterocycles. The standard InChI is InChI=1S/C18H24N2O3/c21-18(19-9-5-2-6-10-19)17-16(14-7-3-1-4-8-14)15-13-22-12-11-20(15)23-17/h1,3-4,7-8,15-17H,2,5-6,9-13H2/t15-,16-,17-/m1/s1. The molecule has 4 rings (SSSR count). The summed E-state index contributed by atoms with van der Waals surface area (Å²) in [4.78, 5) is 21.2. The largest absolute Gasteiger partial charge is 0.378 e. The van der Waals surface area contributed by atoms with Crippen molar-refractivity contribution in [2.24, 2.45) is 0 Å². The molecule has 1 aromatic rings. The average molecular weight is 316 g/mol. The lowest BCUT2D eigenvalue weighted by Crippen LogP contribution is -2.44. The summed E-state index contributed by atoms with van der Waals surface area (Å²) in [7, 11) is 0. The van der Waals surface area contributed by atoms with E-state index in [2.05, 4.69) is 12.1 Å². The Labute approximate surface area is 137 Å². The van der Waals surface area contributed by atoms with Gasteiger partial charge >= 0.3 is 0 Å². The molecule has 23 heavy (non-hydrogen) atoms. The summed E-state index contributed by atoms with van der Waals surface area (Å²) < 4.78 is 5.66. The molecular weight excluding hydrogens is 292 g/mol. The molecule has 3 heterocycles. The van der Waals surface area contributed by atoms with Crippen LogP contribution in [0.3, 0.4) is 0 Å². The van der Waals surface area contributed by atoms with Crippen LogP contribution in [0.15, 0.2) is 30.3 Å². The van der Waals surface area contributed by atoms with Gasteiger partial charge in [0.1, 0.15) is 0 Å². The number of amides is 1. The minimum atomic E-state index is -0.415. The summed E-state index contributed by atoms with van der Waals surface area (Å²) in [5.41, 5.74) is 1.17. The zero-order chi connectivity index (χ0) is 15.6. The van der Waals surface area contributed by atoms with Crippen molar-refractivity contribution in [3.05, 3.63) is 35.9 Å². The van der Waals surface area contributed by atoms with Crippen LogP contribution in [0.4, 0.5) is 0 Å². The first-order valence-electron chi connectivity index (χ1n) is 8.69. The van der Waals surface area contributed by atoms with Crippen LogP contribution in [0.5, 0.6) is 0 Å². The molecule has 0 aliphatic carbocycles. The van der Waals surface area contributed by atoms with Gasteiger partial charge in [0.05, 0.1) is 19.3 Å². The molecule has 3 saturated heterocycles. The van der Waals surface area contributed by atoms with E-state index in [0.29, 0.717) is 13.2 Å². The Morgan fingerprint density at radius 2 is 1.83 bits per heavy atom. The van der Waals surface area contributed by atoms with Crippen LogP contribution in [0.25, 0.3) is 0 Å². The predicted octanol–water partition coefficient (Wildman–Crippen LogP) is 1.80. The Balaban J connectivity index is 1.61. The Morgan fingerprint density at radius 1 is 1.04 bits per heavy atom. The van der Waals surface area contributed by atoms with Crippen molar-refractivity contribution in [1.29, 1.82) is 0 Å². The second kappa shape index (κ2) is 6.59. The third kappa shape index (κ3) is 2.89. The van der Waals surface area contributed by atoms with Crippen LogP contribution in [0, 0.1) is 0 Å². The molecule has 3 atom stereocenters. The fraction of sp³-hybridized carbons (Fsp3) is 0.611. The molecule has 0 N–H and O–H groups in total. The van der Waals surface area contributed by atoms with Gasteiger partial charge in [-0.15, -0.1) is 0 Å². The van der Waals surface area contributed by atoms with Crippen molar-refractivity contribution >= 4 is 5.91 Å². The van der Waals surface area contributed by atoms with E-state index in [-0.39, 0.29) is 17.9 Å². The van der Waals surface area contributed by atoms with Crippen molar-refractivity contribution in [2.75, 3.05) is 32.8 Å². The second-order valence-electron chi connectivity index (χ2n) is 6.63. The molecule has 0 aromatic heterocycles. The first kappa shape index (κ1) is 15.1. The highest BCUT2D eigenvalue weighted by atomic mass is 16.7. The lowest BCUT2D eigenvalue weighted by atomic mass is 9.86. The molecule has 1 aromatic carbocycles. The summed E-state index contributed by atoms with van der Waals surface area (Å²) in [6.07, 6.45) is 3.01. The number of hydrogen-bond acceptors (Lipinski definition) is 4. The van der Waals surface area contributed by atoms with E-state index >= 15 is 0 Å². The number of piperidine rings is 1. The normalized spacial score (nSPS) is 31.8. The number of benzene rings is 1. The predicted molar refractivity (Wildman–Crippen MR) is 85.8 cm³/mol. The lowest BCUT2D eigenvalue weighted by molar-refractivity contribution is -0.202. The molecule has 3 aliphatic rings. The minimum absolute atomic E-state index is 0.0472. The van der Waals surface area contributed by atoms with E-state index < -0.39 is 6.10 Å². The number of rotatable bonds is 2. The SMILES string of the molecule is O=C([C@@H]1ON2CCOC[C@@H]2[C@H]1c1ccccc1)N1CCCCC1. The third-order valence-corrected chi connectivity index (χ3v) is 5.20. The summed E-state index contributed by atoms with van der Waals surface area (Å²) >= 11 is 0. The summed E-state index contributed by atoms with van der Waals surface area (Å²) in [5, 5.41) is 1.98. The van der Waals surface area contributed by atoms with Crippen molar-refractivity contribution < 1.29 is 14.4 Å². The van der Waals surface area contributed by atoms with Gasteiger partial charge < -0.3 is 9.64 Å². The van der Waals surface area contributed by atoms with Crippen LogP contribution in [-0.2, 0) is 14.4 Å². The van der Waals surface area contributed by atoms with Crippen LogP contribution >= 0.6 is 0 Å². The maximum atomic E-state index is 13.1. The van der Waals surface area contributed by atoms with Gasteiger partial charge in [-0.2, -0.15) is 5.06 Å². The number of fused-ring (bicyclic) bond motifs is 1. The van der Waals surface area contributed by atoms with E-state index in [1.54, 1.807) is 0 Å². The molecule has 5 nitrogen and oxygen atoms in total. The maximum absolute atomic E-state index is 13.1. The first-order chi connectivity index (χ1) is 11.3. The van der Waals surface area contributed by atoms with Crippen molar-refractivity contribution in [2.45, 2.75) is 37.3 Å². The zero-order valence-electron chi connectivity index (χ0n) is 13.4. The Bertz CT molecular complexity index is 544. The zero-order valence-corrected chi connectivity index (χ0v) is 13.4. The number of nitrogens with zero attached hydrogens (tertiary/aromatic N) is 2. The van der Waals surface area contributed by atoms with Gasteiger partial charge in [0.2, 0.25) is 0 Å². The molecular formula is C18H24N2O3. The molecule has 1 amide bonds. The summed E-state index contributed by atoms with van der Waals surface area (Å²) in [5.74, 6) is 0.193. The third-order valence-electron chi connectivity index (χ3n) is 5.20. The lowest BCUT2D eigenvalue weighted by Gasteiger charge is -2.31. The summed E-state index contributed by atoms with van der Waals surface area (Å²) in [6, 6.07) is 10.4. The van der Waals surface area contributed by atoms with Gasteiger partial charge in [-0.1, -0.05) is 30.3 Å². The Kier molecular flexibility index (Phi) is 4.33. The number of carbonyl (C=O) groups is 1. The number of ether oxygens (including phenoxy) is 1. The van der Waals surface area contributed by atoms with Gasteiger partial charge in [0.25, 0.3) is 5.91 Å². The average Bonchev–Trinajstić information content (AvgIpc) is 3.02. The quantitative estimate of drug-likeness (QED) is 0.834. The number of carbonyl (C=O) groups excluding carboxylic acids is 1. The number of morpholine rings is 1. The van der Waals surface area contributed by atoms with Gasteiger partial charge in [-0.3, -0.25) is 9.63 Å². The highest BCUT2D eigenvalue weighted by Gasteiger charge is 2.49. The smallest absolute Gasteiger partial charge is 0.254 e.